The van der Waals surface area contributed by atoms with E-state index >= 15 is 0 Å². The number of para-hydroxylation sites is 1. The zero-order chi connectivity index (χ0) is 11.4. The van der Waals surface area contributed by atoms with Gasteiger partial charge in [-0.25, -0.2) is 14.4 Å². The van der Waals surface area contributed by atoms with E-state index in [1.807, 2.05) is 0 Å². The average Bonchev–Trinajstić information content (AvgIpc) is 2.30. The van der Waals surface area contributed by atoms with Gasteiger partial charge >= 0.3 is 0 Å². The number of aromatic nitrogens is 2. The highest BCUT2D eigenvalue weighted by Gasteiger charge is 2.03. The first kappa shape index (κ1) is 11.0. The molecule has 1 aromatic heterocycles. The van der Waals surface area contributed by atoms with E-state index in [9.17, 15) is 4.39 Å². The number of rotatable bonds is 3. The minimum Gasteiger partial charge on any atom is -0.483 e. The van der Waals surface area contributed by atoms with Crippen molar-refractivity contribution in [3.63, 3.8) is 0 Å². The summed E-state index contributed by atoms with van der Waals surface area (Å²) in [6.07, 6.45) is 3.24. The van der Waals surface area contributed by atoms with Gasteiger partial charge in [0, 0.05) is 12.4 Å². The summed E-state index contributed by atoms with van der Waals surface area (Å²) in [5.41, 5.74) is 0. The summed E-state index contributed by atoms with van der Waals surface area (Å²) < 4.78 is 19.2. The largest absolute Gasteiger partial charge is 0.483 e. The molecule has 0 aliphatic rings. The summed E-state index contributed by atoms with van der Waals surface area (Å²) >= 11 is 3.23. The molecule has 0 spiro atoms. The lowest BCUT2D eigenvalue weighted by Gasteiger charge is -2.05. The molecule has 0 aliphatic heterocycles. The van der Waals surface area contributed by atoms with Crippen LogP contribution in [-0.4, -0.2) is 9.97 Å². The van der Waals surface area contributed by atoms with Crippen LogP contribution in [0.25, 0.3) is 0 Å². The van der Waals surface area contributed by atoms with Crippen LogP contribution in [-0.2, 0) is 6.61 Å². The van der Waals surface area contributed by atoms with Crippen LogP contribution in [0.15, 0.2) is 41.1 Å². The zero-order valence-corrected chi connectivity index (χ0v) is 9.82. The molecule has 0 saturated carbocycles. The summed E-state index contributed by atoms with van der Waals surface area (Å²) in [7, 11) is 0. The Bertz CT molecular complexity index is 476. The van der Waals surface area contributed by atoms with Crippen molar-refractivity contribution in [1.29, 1.82) is 0 Å². The van der Waals surface area contributed by atoms with Crippen LogP contribution in [0.4, 0.5) is 4.39 Å². The fourth-order valence-corrected chi connectivity index (χ4v) is 1.32. The summed E-state index contributed by atoms with van der Waals surface area (Å²) in [6.45, 7) is 0.147. The molecule has 1 aromatic carbocycles. The standard InChI is InChI=1S/C11H8BrFN2O/c12-8-5-14-11(15-6-8)7-16-10-4-2-1-3-9(10)13/h1-6H,7H2. The van der Waals surface area contributed by atoms with Crippen molar-refractivity contribution in [1.82, 2.24) is 9.97 Å². The van der Waals surface area contributed by atoms with Gasteiger partial charge in [0.25, 0.3) is 0 Å². The number of hydrogen-bond donors (Lipinski definition) is 0. The Morgan fingerprint density at radius 1 is 1.19 bits per heavy atom. The third-order valence-corrected chi connectivity index (χ3v) is 2.28. The van der Waals surface area contributed by atoms with Crippen LogP contribution < -0.4 is 4.74 Å². The summed E-state index contributed by atoms with van der Waals surface area (Å²) in [4.78, 5) is 8.04. The van der Waals surface area contributed by atoms with E-state index in [0.29, 0.717) is 5.82 Å². The lowest BCUT2D eigenvalue weighted by molar-refractivity contribution is 0.281. The van der Waals surface area contributed by atoms with Gasteiger partial charge < -0.3 is 4.74 Å². The summed E-state index contributed by atoms with van der Waals surface area (Å²) in [5.74, 6) is 0.320. The Labute approximate surface area is 100 Å². The number of ether oxygens (including phenoxy) is 1. The first-order valence-electron chi connectivity index (χ1n) is 4.59. The Morgan fingerprint density at radius 2 is 1.88 bits per heavy atom. The molecule has 0 fully saturated rings. The van der Waals surface area contributed by atoms with Gasteiger partial charge in [0.05, 0.1) is 4.47 Å². The molecule has 16 heavy (non-hydrogen) atoms. The molecule has 0 amide bonds. The molecular weight excluding hydrogens is 275 g/mol. The van der Waals surface area contributed by atoms with E-state index in [4.69, 9.17) is 4.74 Å². The van der Waals surface area contributed by atoms with Crippen LogP contribution in [0.5, 0.6) is 5.75 Å². The Kier molecular flexibility index (Phi) is 3.46. The van der Waals surface area contributed by atoms with E-state index in [1.54, 1.807) is 30.6 Å². The molecule has 0 radical (unpaired) electrons. The second-order valence-corrected chi connectivity index (χ2v) is 3.95. The first-order chi connectivity index (χ1) is 7.75. The number of nitrogens with zero attached hydrogens (tertiary/aromatic N) is 2. The zero-order valence-electron chi connectivity index (χ0n) is 8.23. The molecule has 3 nitrogen and oxygen atoms in total. The van der Waals surface area contributed by atoms with E-state index in [-0.39, 0.29) is 18.2 Å². The van der Waals surface area contributed by atoms with Gasteiger partial charge in [-0.2, -0.15) is 0 Å². The average molecular weight is 283 g/mol. The number of hydrogen-bond acceptors (Lipinski definition) is 3. The monoisotopic (exact) mass is 282 g/mol. The first-order valence-corrected chi connectivity index (χ1v) is 5.39. The highest BCUT2D eigenvalue weighted by Crippen LogP contribution is 2.16. The molecule has 0 unspecified atom stereocenters. The molecule has 2 rings (SSSR count). The van der Waals surface area contributed by atoms with Gasteiger partial charge in [0.2, 0.25) is 0 Å². The van der Waals surface area contributed by atoms with Crippen LogP contribution in [0, 0.1) is 5.82 Å². The quantitative estimate of drug-likeness (QED) is 0.868. The van der Waals surface area contributed by atoms with Crippen LogP contribution in [0.1, 0.15) is 5.82 Å². The molecule has 1 heterocycles. The minimum atomic E-state index is -0.389. The predicted octanol–water partition coefficient (Wildman–Crippen LogP) is 2.96. The van der Waals surface area contributed by atoms with Gasteiger partial charge in [0.15, 0.2) is 17.4 Å². The van der Waals surface area contributed by atoms with Crippen molar-refractivity contribution in [3.8, 4) is 5.75 Å². The normalized spacial score (nSPS) is 10.1. The SMILES string of the molecule is Fc1ccccc1OCc1ncc(Br)cn1. The van der Waals surface area contributed by atoms with Crippen molar-refractivity contribution in [2.45, 2.75) is 6.61 Å². The highest BCUT2D eigenvalue weighted by molar-refractivity contribution is 9.10. The van der Waals surface area contributed by atoms with Gasteiger partial charge in [-0.15, -0.1) is 0 Å². The third-order valence-electron chi connectivity index (χ3n) is 1.87. The molecule has 82 valence electrons. The maximum absolute atomic E-state index is 13.2. The van der Waals surface area contributed by atoms with E-state index in [1.165, 1.54) is 6.07 Å². The Morgan fingerprint density at radius 3 is 2.56 bits per heavy atom. The Hall–Kier alpha value is -1.49. The molecule has 5 heteroatoms. The van der Waals surface area contributed by atoms with Crippen molar-refractivity contribution in [2.24, 2.45) is 0 Å². The summed E-state index contributed by atoms with van der Waals surface area (Å²) in [6, 6.07) is 6.23. The van der Waals surface area contributed by atoms with E-state index in [0.717, 1.165) is 4.47 Å². The van der Waals surface area contributed by atoms with Gasteiger partial charge in [-0.05, 0) is 28.1 Å². The molecule has 0 atom stereocenters. The van der Waals surface area contributed by atoms with Crippen molar-refractivity contribution in [2.75, 3.05) is 0 Å². The Balaban J connectivity index is 2.02. The van der Waals surface area contributed by atoms with Crippen molar-refractivity contribution >= 4 is 15.9 Å². The summed E-state index contributed by atoms with van der Waals surface area (Å²) in [5, 5.41) is 0. The smallest absolute Gasteiger partial charge is 0.166 e. The molecule has 0 N–H and O–H groups in total. The molecule has 0 bridgehead atoms. The predicted molar refractivity (Wildman–Crippen MR) is 60.5 cm³/mol. The second-order valence-electron chi connectivity index (χ2n) is 3.04. The van der Waals surface area contributed by atoms with Crippen molar-refractivity contribution in [3.05, 3.63) is 52.8 Å². The number of halogens is 2. The van der Waals surface area contributed by atoms with Gasteiger partial charge in [-0.1, -0.05) is 12.1 Å². The fraction of sp³-hybridized carbons (Fsp3) is 0.0909. The molecule has 2 aromatic rings. The molecule has 0 saturated heterocycles. The maximum Gasteiger partial charge on any atom is 0.166 e. The maximum atomic E-state index is 13.2. The van der Waals surface area contributed by atoms with Crippen molar-refractivity contribution < 1.29 is 9.13 Å². The van der Waals surface area contributed by atoms with E-state index < -0.39 is 0 Å². The van der Waals surface area contributed by atoms with Crippen LogP contribution in [0.2, 0.25) is 0 Å². The van der Waals surface area contributed by atoms with Gasteiger partial charge in [0.1, 0.15) is 6.61 Å². The third kappa shape index (κ3) is 2.76. The number of benzene rings is 1. The van der Waals surface area contributed by atoms with Crippen LogP contribution >= 0.6 is 15.9 Å². The molecular formula is C11H8BrFN2O. The second kappa shape index (κ2) is 5.03. The molecule has 0 aliphatic carbocycles. The lowest BCUT2D eigenvalue weighted by atomic mass is 10.3. The van der Waals surface area contributed by atoms with E-state index in [2.05, 4.69) is 25.9 Å². The van der Waals surface area contributed by atoms with Gasteiger partial charge in [-0.3, -0.25) is 0 Å². The van der Waals surface area contributed by atoms with Crippen LogP contribution in [0.3, 0.4) is 0 Å². The fourth-order valence-electron chi connectivity index (χ4n) is 1.12. The topological polar surface area (TPSA) is 35.0 Å². The highest BCUT2D eigenvalue weighted by atomic mass is 79.9. The lowest BCUT2D eigenvalue weighted by Crippen LogP contribution is -2.01. The minimum absolute atomic E-state index is 0.147.